The summed E-state index contributed by atoms with van der Waals surface area (Å²) in [5, 5.41) is 0. The van der Waals surface area contributed by atoms with E-state index in [0.717, 1.165) is 24.8 Å². The maximum absolute atomic E-state index is 12.1. The molecular weight excluding hydrogens is 264 g/mol. The van der Waals surface area contributed by atoms with Gasteiger partial charge < -0.3 is 9.53 Å². The molecule has 0 radical (unpaired) electrons. The fourth-order valence-corrected chi connectivity index (χ4v) is 2.18. The van der Waals surface area contributed by atoms with E-state index in [2.05, 4.69) is 13.5 Å². The summed E-state index contributed by atoms with van der Waals surface area (Å²) in [5.41, 5.74) is 1.35. The van der Waals surface area contributed by atoms with Crippen molar-refractivity contribution < 1.29 is 14.3 Å². The van der Waals surface area contributed by atoms with Crippen LogP contribution in [-0.4, -0.2) is 11.8 Å². The van der Waals surface area contributed by atoms with Crippen molar-refractivity contribution in [1.82, 2.24) is 0 Å². The predicted octanol–water partition coefficient (Wildman–Crippen LogP) is 4.07. The predicted molar refractivity (Wildman–Crippen MR) is 83.7 cm³/mol. The van der Waals surface area contributed by atoms with Crippen LogP contribution < -0.4 is 0 Å². The average molecular weight is 288 g/mol. The number of esters is 1. The number of hydrogen-bond donors (Lipinski definition) is 0. The summed E-state index contributed by atoms with van der Waals surface area (Å²) in [6.07, 6.45) is 3.16. The van der Waals surface area contributed by atoms with Crippen LogP contribution >= 0.6 is 0 Å². The van der Waals surface area contributed by atoms with Gasteiger partial charge in [0.15, 0.2) is 0 Å². The van der Waals surface area contributed by atoms with Gasteiger partial charge in [-0.15, -0.1) is 0 Å². The second kappa shape index (κ2) is 9.11. The van der Waals surface area contributed by atoms with E-state index >= 15 is 0 Å². The van der Waals surface area contributed by atoms with Gasteiger partial charge in [0, 0.05) is 12.0 Å². The van der Waals surface area contributed by atoms with E-state index in [0.29, 0.717) is 12.0 Å². The number of Topliss-reactive ketones (excluding diaryl/α,β-unsaturated/α-hetero) is 1. The maximum atomic E-state index is 12.1. The standard InChI is InChI=1S/C18H24O3/c1-4-5-11-17(12-14(2)19)15(3)18(20)21-13-16-9-7-6-8-10-16/h6-10,17H,3-5,11-13H2,1-2H3/t17-/m0/s1. The molecule has 0 spiro atoms. The lowest BCUT2D eigenvalue weighted by atomic mass is 9.90. The number of hydrogen-bond acceptors (Lipinski definition) is 3. The molecule has 1 atom stereocenters. The van der Waals surface area contributed by atoms with Gasteiger partial charge in [0.05, 0.1) is 0 Å². The van der Waals surface area contributed by atoms with Crippen LogP contribution in [-0.2, 0) is 20.9 Å². The van der Waals surface area contributed by atoms with E-state index in [4.69, 9.17) is 4.74 Å². The van der Waals surface area contributed by atoms with Crippen LogP contribution in [0.1, 0.15) is 45.1 Å². The van der Waals surface area contributed by atoms with E-state index < -0.39 is 5.97 Å². The summed E-state index contributed by atoms with van der Waals surface area (Å²) >= 11 is 0. The van der Waals surface area contributed by atoms with E-state index in [1.165, 1.54) is 0 Å². The van der Waals surface area contributed by atoms with E-state index in [1.54, 1.807) is 6.92 Å². The van der Waals surface area contributed by atoms with E-state index in [-0.39, 0.29) is 18.3 Å². The van der Waals surface area contributed by atoms with Crippen LogP contribution in [0.3, 0.4) is 0 Å². The van der Waals surface area contributed by atoms with Gasteiger partial charge in [-0.1, -0.05) is 56.7 Å². The highest BCUT2D eigenvalue weighted by atomic mass is 16.5. The van der Waals surface area contributed by atoms with E-state index in [9.17, 15) is 9.59 Å². The van der Waals surface area contributed by atoms with Gasteiger partial charge in [-0.2, -0.15) is 0 Å². The summed E-state index contributed by atoms with van der Waals surface area (Å²) in [5.74, 6) is -0.431. The molecule has 0 heterocycles. The molecule has 1 rings (SSSR count). The third-order valence-electron chi connectivity index (χ3n) is 3.41. The highest BCUT2D eigenvalue weighted by Crippen LogP contribution is 2.22. The molecule has 0 fully saturated rings. The normalized spacial score (nSPS) is 11.7. The van der Waals surface area contributed by atoms with Gasteiger partial charge in [-0.05, 0) is 24.8 Å². The van der Waals surface area contributed by atoms with Gasteiger partial charge in [0.1, 0.15) is 12.4 Å². The molecule has 0 saturated heterocycles. The zero-order valence-electron chi connectivity index (χ0n) is 12.9. The Morgan fingerprint density at radius 1 is 1.24 bits per heavy atom. The van der Waals surface area contributed by atoms with Crippen LogP contribution in [0.2, 0.25) is 0 Å². The van der Waals surface area contributed by atoms with Crippen molar-refractivity contribution in [2.24, 2.45) is 5.92 Å². The van der Waals surface area contributed by atoms with Crippen molar-refractivity contribution in [2.75, 3.05) is 0 Å². The molecule has 0 unspecified atom stereocenters. The van der Waals surface area contributed by atoms with Crippen molar-refractivity contribution in [1.29, 1.82) is 0 Å². The monoisotopic (exact) mass is 288 g/mol. The highest BCUT2D eigenvalue weighted by Gasteiger charge is 2.21. The lowest BCUT2D eigenvalue weighted by Gasteiger charge is -2.17. The Morgan fingerprint density at radius 2 is 1.90 bits per heavy atom. The zero-order chi connectivity index (χ0) is 15.7. The molecule has 1 aromatic rings. The summed E-state index contributed by atoms with van der Waals surface area (Å²) in [6.45, 7) is 7.71. The number of carbonyl (C=O) groups excluding carboxylic acids is 2. The first-order valence-corrected chi connectivity index (χ1v) is 7.43. The SMILES string of the molecule is C=C(C(=O)OCc1ccccc1)[C@@H](CCCC)CC(C)=O. The van der Waals surface area contributed by atoms with Gasteiger partial charge >= 0.3 is 5.97 Å². The van der Waals surface area contributed by atoms with Crippen LogP contribution in [0.15, 0.2) is 42.5 Å². The molecule has 0 amide bonds. The number of unbranched alkanes of at least 4 members (excludes halogenated alkanes) is 1. The minimum absolute atomic E-state index is 0.0770. The molecule has 21 heavy (non-hydrogen) atoms. The van der Waals surface area contributed by atoms with E-state index in [1.807, 2.05) is 30.3 Å². The van der Waals surface area contributed by atoms with Crippen LogP contribution in [0.25, 0.3) is 0 Å². The fraction of sp³-hybridized carbons (Fsp3) is 0.444. The fourth-order valence-electron chi connectivity index (χ4n) is 2.18. The Morgan fingerprint density at radius 3 is 2.48 bits per heavy atom. The molecule has 0 aromatic heterocycles. The lowest BCUT2D eigenvalue weighted by molar-refractivity contribution is -0.141. The van der Waals surface area contributed by atoms with Crippen molar-refractivity contribution in [3.63, 3.8) is 0 Å². The van der Waals surface area contributed by atoms with Crippen LogP contribution in [0.4, 0.5) is 0 Å². The topological polar surface area (TPSA) is 43.4 Å². The Bertz CT molecular complexity index is 476. The maximum Gasteiger partial charge on any atom is 0.334 e. The third kappa shape index (κ3) is 6.39. The number of ether oxygens (including phenoxy) is 1. The molecule has 3 heteroatoms. The zero-order valence-corrected chi connectivity index (χ0v) is 12.9. The van der Waals surface area contributed by atoms with Crippen molar-refractivity contribution in [3.05, 3.63) is 48.0 Å². The Balaban J connectivity index is 2.56. The molecule has 3 nitrogen and oxygen atoms in total. The van der Waals surface area contributed by atoms with Crippen LogP contribution in [0, 0.1) is 5.92 Å². The molecule has 0 aliphatic heterocycles. The smallest absolute Gasteiger partial charge is 0.334 e. The molecule has 0 N–H and O–H groups in total. The molecule has 114 valence electrons. The number of rotatable bonds is 9. The van der Waals surface area contributed by atoms with Gasteiger partial charge in [-0.3, -0.25) is 0 Å². The Hall–Kier alpha value is -1.90. The lowest BCUT2D eigenvalue weighted by Crippen LogP contribution is -2.17. The second-order valence-electron chi connectivity index (χ2n) is 5.33. The first-order valence-electron chi connectivity index (χ1n) is 7.43. The quantitative estimate of drug-likeness (QED) is 0.508. The molecular formula is C18H24O3. The summed E-state index contributed by atoms with van der Waals surface area (Å²) in [7, 11) is 0. The molecule has 0 saturated carbocycles. The van der Waals surface area contributed by atoms with Crippen molar-refractivity contribution >= 4 is 11.8 Å². The number of benzene rings is 1. The molecule has 0 bridgehead atoms. The van der Waals surface area contributed by atoms with Crippen LogP contribution in [0.5, 0.6) is 0 Å². The summed E-state index contributed by atoms with van der Waals surface area (Å²) in [6, 6.07) is 9.52. The second-order valence-corrected chi connectivity index (χ2v) is 5.33. The summed E-state index contributed by atoms with van der Waals surface area (Å²) in [4.78, 5) is 23.4. The highest BCUT2D eigenvalue weighted by molar-refractivity contribution is 5.89. The molecule has 0 aliphatic carbocycles. The third-order valence-corrected chi connectivity index (χ3v) is 3.41. The van der Waals surface area contributed by atoms with Gasteiger partial charge in [0.2, 0.25) is 0 Å². The van der Waals surface area contributed by atoms with Gasteiger partial charge in [0.25, 0.3) is 0 Å². The Kier molecular flexibility index (Phi) is 7.44. The number of ketones is 1. The Labute approximate surface area is 127 Å². The first kappa shape index (κ1) is 17.2. The first-order chi connectivity index (χ1) is 10.0. The largest absolute Gasteiger partial charge is 0.457 e. The van der Waals surface area contributed by atoms with Crippen molar-refractivity contribution in [2.45, 2.75) is 46.1 Å². The van der Waals surface area contributed by atoms with Crippen molar-refractivity contribution in [3.8, 4) is 0 Å². The molecule has 1 aromatic carbocycles. The molecule has 0 aliphatic rings. The number of carbonyl (C=O) groups is 2. The minimum atomic E-state index is -0.402. The minimum Gasteiger partial charge on any atom is -0.457 e. The van der Waals surface area contributed by atoms with Gasteiger partial charge in [-0.25, -0.2) is 4.79 Å². The average Bonchev–Trinajstić information content (AvgIpc) is 2.49. The summed E-state index contributed by atoms with van der Waals surface area (Å²) < 4.78 is 5.28.